The minimum atomic E-state index is -0.127. The third-order valence-electron chi connectivity index (χ3n) is 1.00. The van der Waals surface area contributed by atoms with Crippen molar-refractivity contribution in [3.05, 3.63) is 12.2 Å². The second kappa shape index (κ2) is 2.80. The van der Waals surface area contributed by atoms with Crippen molar-refractivity contribution in [1.82, 2.24) is 0 Å². The molecule has 0 aromatic rings. The first-order valence-electron chi connectivity index (χ1n) is 2.44. The Morgan fingerprint density at radius 1 is 1.71 bits per heavy atom. The van der Waals surface area contributed by atoms with Crippen molar-refractivity contribution in [3.8, 4) is 0 Å². The maximum absolute atomic E-state index is 9.97. The lowest BCUT2D eigenvalue weighted by molar-refractivity contribution is 0.215. The fraction of sp³-hybridized carbons (Fsp3) is 0.667. The topological polar surface area (TPSA) is 19.9 Å². The van der Waals surface area contributed by atoms with E-state index in [1.54, 1.807) is 0 Å². The molecule has 1 nitrogen and oxygen atoms in total. The first-order valence-corrected chi connectivity index (χ1v) is 2.44. The van der Waals surface area contributed by atoms with Gasteiger partial charge in [-0.1, -0.05) is 20.4 Å². The third kappa shape index (κ3) is 2.40. The molecule has 0 spiro atoms. The van der Waals surface area contributed by atoms with Crippen LogP contribution in [0.25, 0.3) is 0 Å². The molecule has 41 valence electrons. The van der Waals surface area contributed by atoms with Crippen molar-refractivity contribution in [1.29, 1.82) is 0 Å². The molecular formula is C6H11O. The third-order valence-corrected chi connectivity index (χ3v) is 1.00. The maximum atomic E-state index is 9.97. The molecule has 0 atom stereocenters. The van der Waals surface area contributed by atoms with Crippen LogP contribution in [0, 0.1) is 5.92 Å². The summed E-state index contributed by atoms with van der Waals surface area (Å²) in [5.74, 6) is 0.359. The summed E-state index contributed by atoms with van der Waals surface area (Å²) in [5, 5.41) is 9.97. The SMILES string of the molecule is C=C(C[O])C(C)C. The molecule has 1 radical (unpaired) electrons. The van der Waals surface area contributed by atoms with Crippen LogP contribution in [0.4, 0.5) is 0 Å². The predicted octanol–water partition coefficient (Wildman–Crippen LogP) is 1.63. The van der Waals surface area contributed by atoms with Gasteiger partial charge in [0.1, 0.15) is 6.61 Å². The van der Waals surface area contributed by atoms with Crippen molar-refractivity contribution >= 4 is 0 Å². The Morgan fingerprint density at radius 3 is 2.14 bits per heavy atom. The summed E-state index contributed by atoms with van der Waals surface area (Å²) in [6.45, 7) is 7.38. The fourth-order valence-electron chi connectivity index (χ4n) is 0.167. The van der Waals surface area contributed by atoms with Crippen LogP contribution < -0.4 is 0 Å². The minimum absolute atomic E-state index is 0.127. The molecule has 0 bridgehead atoms. The summed E-state index contributed by atoms with van der Waals surface area (Å²) < 4.78 is 0. The summed E-state index contributed by atoms with van der Waals surface area (Å²) >= 11 is 0. The highest BCUT2D eigenvalue weighted by Gasteiger charge is 1.95. The van der Waals surface area contributed by atoms with Gasteiger partial charge in [-0.15, -0.1) is 0 Å². The lowest BCUT2D eigenvalue weighted by Crippen LogP contribution is -1.94. The van der Waals surface area contributed by atoms with Crippen molar-refractivity contribution < 1.29 is 5.11 Å². The predicted molar refractivity (Wildman–Crippen MR) is 29.5 cm³/mol. The van der Waals surface area contributed by atoms with Crippen LogP contribution in [0.1, 0.15) is 13.8 Å². The Bertz CT molecular complexity index is 64.6. The van der Waals surface area contributed by atoms with Gasteiger partial charge in [-0.3, -0.25) is 0 Å². The molecular weight excluding hydrogens is 88.1 g/mol. The number of rotatable bonds is 2. The lowest BCUT2D eigenvalue weighted by Gasteiger charge is -2.00. The van der Waals surface area contributed by atoms with E-state index in [1.807, 2.05) is 13.8 Å². The summed E-state index contributed by atoms with van der Waals surface area (Å²) in [4.78, 5) is 0. The van der Waals surface area contributed by atoms with Gasteiger partial charge in [-0.05, 0) is 11.5 Å². The van der Waals surface area contributed by atoms with E-state index in [4.69, 9.17) is 0 Å². The monoisotopic (exact) mass is 99.1 g/mol. The van der Waals surface area contributed by atoms with Crippen molar-refractivity contribution in [2.75, 3.05) is 6.61 Å². The summed E-state index contributed by atoms with van der Waals surface area (Å²) in [7, 11) is 0. The summed E-state index contributed by atoms with van der Waals surface area (Å²) in [6.07, 6.45) is 0. The van der Waals surface area contributed by atoms with E-state index in [-0.39, 0.29) is 6.61 Å². The lowest BCUT2D eigenvalue weighted by atomic mass is 10.1. The van der Waals surface area contributed by atoms with Crippen LogP contribution >= 0.6 is 0 Å². The molecule has 0 amide bonds. The molecule has 7 heavy (non-hydrogen) atoms. The molecule has 0 N–H and O–H groups in total. The smallest absolute Gasteiger partial charge is 0.103 e. The average molecular weight is 99.2 g/mol. The van der Waals surface area contributed by atoms with Gasteiger partial charge in [0, 0.05) is 0 Å². The highest BCUT2D eigenvalue weighted by Crippen LogP contribution is 2.03. The first kappa shape index (κ1) is 6.70. The zero-order chi connectivity index (χ0) is 5.86. The fourth-order valence-corrected chi connectivity index (χ4v) is 0.167. The van der Waals surface area contributed by atoms with Crippen molar-refractivity contribution in [3.63, 3.8) is 0 Å². The molecule has 0 unspecified atom stereocenters. The highest BCUT2D eigenvalue weighted by atomic mass is 16.3. The molecule has 0 heterocycles. The van der Waals surface area contributed by atoms with Crippen LogP contribution in [0.3, 0.4) is 0 Å². The zero-order valence-corrected chi connectivity index (χ0v) is 4.90. The highest BCUT2D eigenvalue weighted by molar-refractivity contribution is 4.96. The van der Waals surface area contributed by atoms with E-state index in [9.17, 15) is 5.11 Å². The normalized spacial score (nSPS) is 9.71. The van der Waals surface area contributed by atoms with Gasteiger partial charge >= 0.3 is 0 Å². The first-order chi connectivity index (χ1) is 3.18. The van der Waals surface area contributed by atoms with Gasteiger partial charge in [0.15, 0.2) is 0 Å². The van der Waals surface area contributed by atoms with E-state index in [2.05, 4.69) is 6.58 Å². The van der Waals surface area contributed by atoms with Crippen LogP contribution in [-0.4, -0.2) is 6.61 Å². The average Bonchev–Trinajstić information content (AvgIpc) is 1.65. The van der Waals surface area contributed by atoms with Crippen LogP contribution in [0.15, 0.2) is 12.2 Å². The van der Waals surface area contributed by atoms with Crippen LogP contribution in [-0.2, 0) is 5.11 Å². The quantitative estimate of drug-likeness (QED) is 0.469. The van der Waals surface area contributed by atoms with Gasteiger partial charge < -0.3 is 0 Å². The van der Waals surface area contributed by atoms with Crippen molar-refractivity contribution in [2.24, 2.45) is 5.92 Å². The molecule has 0 aliphatic heterocycles. The van der Waals surface area contributed by atoms with E-state index in [0.29, 0.717) is 5.92 Å². The number of hydrogen-bond acceptors (Lipinski definition) is 0. The van der Waals surface area contributed by atoms with E-state index in [0.717, 1.165) is 5.57 Å². The van der Waals surface area contributed by atoms with Crippen molar-refractivity contribution in [2.45, 2.75) is 13.8 Å². The molecule has 0 aliphatic rings. The van der Waals surface area contributed by atoms with E-state index < -0.39 is 0 Å². The van der Waals surface area contributed by atoms with Crippen LogP contribution in [0.5, 0.6) is 0 Å². The summed E-state index contributed by atoms with van der Waals surface area (Å²) in [5.41, 5.74) is 0.792. The Labute approximate surface area is 44.7 Å². The van der Waals surface area contributed by atoms with E-state index >= 15 is 0 Å². The maximum Gasteiger partial charge on any atom is 0.103 e. The minimum Gasteiger partial charge on any atom is -0.232 e. The second-order valence-corrected chi connectivity index (χ2v) is 1.96. The second-order valence-electron chi connectivity index (χ2n) is 1.96. The molecule has 1 heteroatoms. The zero-order valence-electron chi connectivity index (χ0n) is 4.90. The van der Waals surface area contributed by atoms with Gasteiger partial charge in [0.05, 0.1) is 0 Å². The molecule has 0 aromatic carbocycles. The Hall–Kier alpha value is -0.300. The van der Waals surface area contributed by atoms with Gasteiger partial charge in [-0.2, -0.15) is 0 Å². The Balaban J connectivity index is 3.35. The largest absolute Gasteiger partial charge is 0.232 e. The number of hydrogen-bond donors (Lipinski definition) is 0. The molecule has 0 fully saturated rings. The molecule has 0 saturated carbocycles. The van der Waals surface area contributed by atoms with Gasteiger partial charge in [-0.25, -0.2) is 5.11 Å². The molecule has 0 rings (SSSR count). The molecule has 0 aliphatic carbocycles. The Kier molecular flexibility index (Phi) is 2.68. The molecule has 0 aromatic heterocycles. The summed E-state index contributed by atoms with van der Waals surface area (Å²) in [6, 6.07) is 0. The van der Waals surface area contributed by atoms with E-state index in [1.165, 1.54) is 0 Å². The van der Waals surface area contributed by atoms with Gasteiger partial charge in [0.25, 0.3) is 0 Å². The molecule has 0 saturated heterocycles. The van der Waals surface area contributed by atoms with Gasteiger partial charge in [0.2, 0.25) is 0 Å². The Morgan fingerprint density at radius 2 is 2.14 bits per heavy atom. The van der Waals surface area contributed by atoms with Crippen LogP contribution in [0.2, 0.25) is 0 Å². The standard InChI is InChI=1S/C6H11O/c1-5(2)6(3)4-7/h5H,3-4H2,1-2H3.